The first-order valence-electron chi connectivity index (χ1n) is 6.46. The Balaban J connectivity index is 2.46. The maximum absolute atomic E-state index is 12.7. The van der Waals surface area contributed by atoms with Crippen molar-refractivity contribution in [3.05, 3.63) is 55.8 Å². The smallest absolute Gasteiger partial charge is 0.258 e. The molecule has 2 aromatic rings. The summed E-state index contributed by atoms with van der Waals surface area (Å²) in [6.45, 7) is 3.55. The molecule has 6 nitrogen and oxygen atoms in total. The van der Waals surface area contributed by atoms with E-state index < -0.39 is 14.9 Å². The third kappa shape index (κ3) is 3.18. The largest absolute Gasteiger partial charge is 0.271 e. The summed E-state index contributed by atoms with van der Waals surface area (Å²) in [4.78, 5) is 10.4. The molecule has 0 aliphatic rings. The molecule has 1 heterocycles. The van der Waals surface area contributed by atoms with Gasteiger partial charge in [-0.25, -0.2) is 8.42 Å². The predicted molar refractivity (Wildman–Crippen MR) is 85.5 cm³/mol. The van der Waals surface area contributed by atoms with E-state index in [0.717, 1.165) is 11.6 Å². The molecule has 0 atom stereocenters. The molecule has 1 aromatic carbocycles. The van der Waals surface area contributed by atoms with Crippen LogP contribution in [0.25, 0.3) is 0 Å². The molecule has 0 spiro atoms. The predicted octanol–water partition coefficient (Wildman–Crippen LogP) is 3.09. The number of sulfonamides is 1. The van der Waals surface area contributed by atoms with Gasteiger partial charge in [0.2, 0.25) is 10.0 Å². The SMILES string of the molecule is Cc1cc([N+](=O)[O-])cc(S(=O)(=O)N(C)Cc2ccsc2)c1C. The van der Waals surface area contributed by atoms with Crippen LogP contribution in [0.1, 0.15) is 16.7 Å². The molecule has 0 saturated carbocycles. The third-order valence-corrected chi connectivity index (χ3v) is 6.15. The van der Waals surface area contributed by atoms with Gasteiger partial charge in [0.1, 0.15) is 0 Å². The van der Waals surface area contributed by atoms with Crippen LogP contribution in [0.2, 0.25) is 0 Å². The molecule has 0 saturated heterocycles. The third-order valence-electron chi connectivity index (χ3n) is 3.49. The van der Waals surface area contributed by atoms with E-state index in [9.17, 15) is 18.5 Å². The van der Waals surface area contributed by atoms with E-state index in [1.807, 2.05) is 16.8 Å². The Kier molecular flexibility index (Phi) is 4.64. The van der Waals surface area contributed by atoms with Gasteiger partial charge in [0.15, 0.2) is 0 Å². The topological polar surface area (TPSA) is 80.5 Å². The molecule has 0 amide bonds. The normalized spacial score (nSPS) is 11.8. The van der Waals surface area contributed by atoms with Crippen LogP contribution in [-0.2, 0) is 16.6 Å². The van der Waals surface area contributed by atoms with Gasteiger partial charge in [-0.3, -0.25) is 10.1 Å². The van der Waals surface area contributed by atoms with E-state index in [2.05, 4.69) is 0 Å². The van der Waals surface area contributed by atoms with Crippen LogP contribution in [0.3, 0.4) is 0 Å². The molecule has 118 valence electrons. The van der Waals surface area contributed by atoms with Crippen LogP contribution >= 0.6 is 11.3 Å². The Bertz CT molecular complexity index is 799. The number of nitro benzene ring substituents is 1. The Morgan fingerprint density at radius 2 is 2.00 bits per heavy atom. The molecule has 22 heavy (non-hydrogen) atoms. The van der Waals surface area contributed by atoms with Gasteiger partial charge in [-0.05, 0) is 47.4 Å². The van der Waals surface area contributed by atoms with Gasteiger partial charge < -0.3 is 0 Å². The maximum Gasteiger partial charge on any atom is 0.271 e. The van der Waals surface area contributed by atoms with E-state index in [0.29, 0.717) is 11.1 Å². The number of rotatable bonds is 5. The summed E-state index contributed by atoms with van der Waals surface area (Å²) in [5, 5.41) is 14.7. The lowest BCUT2D eigenvalue weighted by molar-refractivity contribution is -0.385. The van der Waals surface area contributed by atoms with Gasteiger partial charge >= 0.3 is 0 Å². The van der Waals surface area contributed by atoms with E-state index in [-0.39, 0.29) is 17.1 Å². The summed E-state index contributed by atoms with van der Waals surface area (Å²) in [5.41, 5.74) is 1.78. The second kappa shape index (κ2) is 6.15. The Morgan fingerprint density at radius 1 is 1.32 bits per heavy atom. The average Bonchev–Trinajstić information content (AvgIpc) is 2.93. The fourth-order valence-electron chi connectivity index (χ4n) is 2.07. The number of aryl methyl sites for hydroxylation is 1. The summed E-state index contributed by atoms with van der Waals surface area (Å²) in [6, 6.07) is 4.36. The van der Waals surface area contributed by atoms with Gasteiger partial charge in [0.25, 0.3) is 5.69 Å². The monoisotopic (exact) mass is 340 g/mol. The summed E-state index contributed by atoms with van der Waals surface area (Å²) in [5.74, 6) is 0. The zero-order chi connectivity index (χ0) is 16.5. The molecule has 8 heteroatoms. The average molecular weight is 340 g/mol. The molecule has 1 aromatic heterocycles. The number of benzene rings is 1. The van der Waals surface area contributed by atoms with Crippen molar-refractivity contribution in [2.45, 2.75) is 25.3 Å². The fourth-order valence-corrected chi connectivity index (χ4v) is 4.21. The number of nitrogens with zero attached hydrogens (tertiary/aromatic N) is 2. The molecule has 0 aliphatic heterocycles. The Labute approximate surface area is 133 Å². The number of thiophene rings is 1. The lowest BCUT2D eigenvalue weighted by atomic mass is 10.1. The minimum atomic E-state index is -3.79. The highest BCUT2D eigenvalue weighted by molar-refractivity contribution is 7.89. The van der Waals surface area contributed by atoms with Crippen molar-refractivity contribution in [1.82, 2.24) is 4.31 Å². The van der Waals surface area contributed by atoms with Crippen LogP contribution in [0, 0.1) is 24.0 Å². The molecule has 0 unspecified atom stereocenters. The summed E-state index contributed by atoms with van der Waals surface area (Å²) >= 11 is 1.49. The zero-order valence-electron chi connectivity index (χ0n) is 12.4. The minimum absolute atomic E-state index is 0.0167. The summed E-state index contributed by atoms with van der Waals surface area (Å²) in [6.07, 6.45) is 0. The molecular weight excluding hydrogens is 324 g/mol. The molecule has 0 aliphatic carbocycles. The van der Waals surface area contributed by atoms with Gasteiger partial charge in [-0.2, -0.15) is 15.6 Å². The van der Waals surface area contributed by atoms with Gasteiger partial charge in [0.05, 0.1) is 9.82 Å². The van der Waals surface area contributed by atoms with Gasteiger partial charge in [-0.15, -0.1) is 0 Å². The van der Waals surface area contributed by atoms with Crippen LogP contribution < -0.4 is 0 Å². The molecule has 0 radical (unpaired) electrons. The van der Waals surface area contributed by atoms with Crippen molar-refractivity contribution in [2.24, 2.45) is 0 Å². The number of hydrogen-bond donors (Lipinski definition) is 0. The number of nitro groups is 1. The Hall–Kier alpha value is -1.77. The lowest BCUT2D eigenvalue weighted by Crippen LogP contribution is -2.27. The van der Waals surface area contributed by atoms with Gasteiger partial charge in [-0.1, -0.05) is 0 Å². The van der Waals surface area contributed by atoms with Crippen molar-refractivity contribution < 1.29 is 13.3 Å². The van der Waals surface area contributed by atoms with E-state index in [1.165, 1.54) is 28.8 Å². The molecule has 0 bridgehead atoms. The first kappa shape index (κ1) is 16.6. The summed E-state index contributed by atoms with van der Waals surface area (Å²) in [7, 11) is -2.32. The fraction of sp³-hybridized carbons (Fsp3) is 0.286. The highest BCUT2D eigenvalue weighted by Gasteiger charge is 2.26. The number of hydrogen-bond acceptors (Lipinski definition) is 5. The first-order chi connectivity index (χ1) is 10.2. The lowest BCUT2D eigenvalue weighted by Gasteiger charge is -2.18. The summed E-state index contributed by atoms with van der Waals surface area (Å²) < 4.78 is 26.6. The van der Waals surface area contributed by atoms with E-state index in [4.69, 9.17) is 0 Å². The quantitative estimate of drug-likeness (QED) is 0.619. The molecular formula is C14H16N2O4S2. The van der Waals surface area contributed by atoms with Crippen molar-refractivity contribution in [1.29, 1.82) is 0 Å². The minimum Gasteiger partial charge on any atom is -0.258 e. The van der Waals surface area contributed by atoms with Crippen LogP contribution in [0.5, 0.6) is 0 Å². The van der Waals surface area contributed by atoms with Crippen molar-refractivity contribution in [2.75, 3.05) is 7.05 Å². The van der Waals surface area contributed by atoms with E-state index in [1.54, 1.807) is 13.8 Å². The standard InChI is InChI=1S/C14H16N2O4S2/c1-10-6-13(16(17)18)7-14(11(10)2)22(19,20)15(3)8-12-4-5-21-9-12/h4-7,9H,8H2,1-3H3. The first-order valence-corrected chi connectivity index (χ1v) is 8.85. The van der Waals surface area contributed by atoms with Crippen LogP contribution in [0.4, 0.5) is 5.69 Å². The van der Waals surface area contributed by atoms with Crippen LogP contribution in [0.15, 0.2) is 33.9 Å². The second-order valence-corrected chi connectivity index (χ2v) is 7.83. The highest BCUT2D eigenvalue weighted by atomic mass is 32.2. The van der Waals surface area contributed by atoms with Gasteiger partial charge in [0, 0.05) is 25.7 Å². The van der Waals surface area contributed by atoms with Crippen molar-refractivity contribution in [3.63, 3.8) is 0 Å². The molecule has 0 N–H and O–H groups in total. The van der Waals surface area contributed by atoms with Crippen molar-refractivity contribution in [3.8, 4) is 0 Å². The van der Waals surface area contributed by atoms with E-state index >= 15 is 0 Å². The molecule has 2 rings (SSSR count). The highest BCUT2D eigenvalue weighted by Crippen LogP contribution is 2.28. The Morgan fingerprint density at radius 3 is 2.55 bits per heavy atom. The van der Waals surface area contributed by atoms with Crippen LogP contribution in [-0.4, -0.2) is 24.7 Å². The number of non-ortho nitro benzene ring substituents is 1. The zero-order valence-corrected chi connectivity index (χ0v) is 14.1. The van der Waals surface area contributed by atoms with Crippen molar-refractivity contribution >= 4 is 27.0 Å². The molecule has 0 fully saturated rings. The maximum atomic E-state index is 12.7. The second-order valence-electron chi connectivity index (χ2n) is 5.04.